The topological polar surface area (TPSA) is 159 Å². The maximum Gasteiger partial charge on any atom is 0.489 e. The van der Waals surface area contributed by atoms with E-state index in [9.17, 15) is 4.91 Å². The van der Waals surface area contributed by atoms with E-state index in [1.54, 1.807) is 12.1 Å². The van der Waals surface area contributed by atoms with Gasteiger partial charge in [0.05, 0.1) is 26.6 Å². The summed E-state index contributed by atoms with van der Waals surface area (Å²) in [6, 6.07) is 6.15. The molecule has 0 bridgehead atoms. The van der Waals surface area contributed by atoms with Crippen molar-refractivity contribution in [3.63, 3.8) is 0 Å². The largest absolute Gasteiger partial charge is 0.489 e. The summed E-state index contributed by atoms with van der Waals surface area (Å²) in [7, 11) is 2.98. The Balaban J connectivity index is 0.000000648. The lowest BCUT2D eigenvalue weighted by Crippen LogP contribution is -2.20. The van der Waals surface area contributed by atoms with Gasteiger partial charge in [0, 0.05) is 12.1 Å². The molecular formula is C13H17N6O5+. The van der Waals surface area contributed by atoms with Gasteiger partial charge in [-0.2, -0.15) is 0 Å². The second-order valence-electron chi connectivity index (χ2n) is 3.93. The molecule has 2 aromatic rings. The van der Waals surface area contributed by atoms with Crippen LogP contribution in [0.1, 0.15) is 0 Å². The zero-order chi connectivity index (χ0) is 17.9. The Bertz CT molecular complexity index is 606. The number of pyridine rings is 2. The zero-order valence-electron chi connectivity index (χ0n) is 13.0. The van der Waals surface area contributed by atoms with Gasteiger partial charge in [-0.15, -0.1) is 9.68 Å². The second-order valence-corrected chi connectivity index (χ2v) is 3.93. The average molecular weight is 337 g/mol. The van der Waals surface area contributed by atoms with Crippen molar-refractivity contribution in [1.82, 2.24) is 9.97 Å². The number of aromatic nitrogens is 2. The molecule has 0 spiro atoms. The van der Waals surface area contributed by atoms with Gasteiger partial charge in [-0.1, -0.05) is 0 Å². The fraction of sp³-hybridized carbons (Fsp3) is 0.154. The van der Waals surface area contributed by atoms with Crippen LogP contribution in [0.2, 0.25) is 0 Å². The van der Waals surface area contributed by atoms with E-state index in [0.29, 0.717) is 11.8 Å². The molecular weight excluding hydrogens is 320 g/mol. The molecule has 0 saturated carbocycles. The highest BCUT2D eigenvalue weighted by molar-refractivity contribution is 5.71. The maximum atomic E-state index is 11.4. The van der Waals surface area contributed by atoms with E-state index in [1.165, 1.54) is 38.7 Å². The average Bonchev–Trinajstić information content (AvgIpc) is 2.55. The Morgan fingerprint density at radius 3 is 1.58 bits per heavy atom. The molecule has 0 fully saturated rings. The van der Waals surface area contributed by atoms with Crippen LogP contribution < -0.4 is 30.6 Å². The molecule has 0 atom stereocenters. The van der Waals surface area contributed by atoms with Gasteiger partial charge in [0.2, 0.25) is 23.3 Å². The van der Waals surface area contributed by atoms with Gasteiger partial charge >= 0.3 is 5.09 Å². The fourth-order valence-electron chi connectivity index (χ4n) is 1.27. The molecule has 0 saturated heterocycles. The summed E-state index contributed by atoms with van der Waals surface area (Å²) in [4.78, 5) is 28.9. The Morgan fingerprint density at radius 2 is 1.33 bits per heavy atom. The minimum absolute atomic E-state index is 0.0486. The molecule has 0 aliphatic heterocycles. The molecule has 5 N–H and O–H groups in total. The van der Waals surface area contributed by atoms with Crippen molar-refractivity contribution in [1.29, 1.82) is 5.41 Å². The molecule has 0 radical (unpaired) electrons. The number of guanidine groups is 1. The van der Waals surface area contributed by atoms with Crippen molar-refractivity contribution >= 4 is 5.96 Å². The van der Waals surface area contributed by atoms with Crippen LogP contribution in [0.3, 0.4) is 0 Å². The van der Waals surface area contributed by atoms with Crippen molar-refractivity contribution in [3.8, 4) is 23.3 Å². The number of rotatable bonds is 6. The van der Waals surface area contributed by atoms with Gasteiger partial charge in [-0.05, 0) is 12.1 Å². The van der Waals surface area contributed by atoms with Crippen molar-refractivity contribution in [2.75, 3.05) is 14.2 Å². The van der Waals surface area contributed by atoms with Crippen LogP contribution in [-0.2, 0) is 0 Å². The van der Waals surface area contributed by atoms with Crippen molar-refractivity contribution in [2.24, 2.45) is 11.5 Å². The molecule has 0 aliphatic carbocycles. The van der Waals surface area contributed by atoms with Crippen molar-refractivity contribution in [3.05, 3.63) is 41.6 Å². The molecule has 0 aliphatic rings. The molecule has 128 valence electrons. The highest BCUT2D eigenvalue weighted by Gasteiger charge is 2.17. The Kier molecular flexibility index (Phi) is 7.21. The van der Waals surface area contributed by atoms with E-state index < -0.39 is 0 Å². The molecule has 2 aromatic heterocycles. The van der Waals surface area contributed by atoms with Crippen LogP contribution in [0.25, 0.3) is 0 Å². The third-order valence-corrected chi connectivity index (χ3v) is 2.20. The number of nitrogens with one attached hydrogen (secondary N) is 1. The van der Waals surface area contributed by atoms with Gasteiger partial charge in [-0.25, -0.2) is 9.97 Å². The van der Waals surface area contributed by atoms with Crippen LogP contribution in [0.15, 0.2) is 36.7 Å². The summed E-state index contributed by atoms with van der Waals surface area (Å²) < 4.78 is 9.76. The predicted octanol–water partition coefficient (Wildman–Crippen LogP) is 0.399. The first kappa shape index (κ1) is 18.4. The highest BCUT2D eigenvalue weighted by Crippen LogP contribution is 2.16. The van der Waals surface area contributed by atoms with Gasteiger partial charge in [-0.3, -0.25) is 5.41 Å². The molecule has 11 heteroatoms. The number of ether oxygens (including phenoxy) is 2. The van der Waals surface area contributed by atoms with Gasteiger partial charge in [0.1, 0.15) is 4.91 Å². The summed E-state index contributed by atoms with van der Waals surface area (Å²) >= 11 is 0. The van der Waals surface area contributed by atoms with E-state index in [4.69, 9.17) is 24.6 Å². The second kappa shape index (κ2) is 9.40. The quantitative estimate of drug-likeness (QED) is 0.385. The van der Waals surface area contributed by atoms with Gasteiger partial charge in [0.25, 0.3) is 0 Å². The van der Waals surface area contributed by atoms with E-state index in [1.807, 2.05) is 0 Å². The lowest BCUT2D eigenvalue weighted by atomic mass is 10.4. The summed E-state index contributed by atoms with van der Waals surface area (Å²) in [6.45, 7) is 0. The molecule has 0 amide bonds. The smallest absolute Gasteiger partial charge is 0.481 e. The Morgan fingerprint density at radius 1 is 0.958 bits per heavy atom. The summed E-state index contributed by atoms with van der Waals surface area (Å²) in [5.74, 6) is 0.912. The van der Waals surface area contributed by atoms with Gasteiger partial charge < -0.3 is 20.9 Å². The van der Waals surface area contributed by atoms with Crippen LogP contribution in [0.5, 0.6) is 23.3 Å². The highest BCUT2D eigenvalue weighted by atomic mass is 17.0. The van der Waals surface area contributed by atoms with Crippen molar-refractivity contribution < 1.29 is 24.2 Å². The minimum atomic E-state index is -0.333. The normalized spacial score (nSPS) is 9.08. The van der Waals surface area contributed by atoms with Crippen LogP contribution >= 0.6 is 0 Å². The van der Waals surface area contributed by atoms with Gasteiger partial charge in [0.15, 0.2) is 5.96 Å². The third-order valence-electron chi connectivity index (χ3n) is 2.20. The van der Waals surface area contributed by atoms with E-state index in [-0.39, 0.29) is 22.5 Å². The Labute approximate surface area is 137 Å². The van der Waals surface area contributed by atoms with E-state index >= 15 is 0 Å². The number of hydrogen-bond acceptors (Lipinski definition) is 8. The lowest BCUT2D eigenvalue weighted by Gasteiger charge is -1.98. The number of nitrogens with zero attached hydrogens (tertiary/aromatic N) is 3. The third kappa shape index (κ3) is 6.89. The molecule has 2 heterocycles. The Hall–Kier alpha value is -3.63. The maximum absolute atomic E-state index is 11.4. The molecule has 11 nitrogen and oxygen atoms in total. The zero-order valence-corrected chi connectivity index (χ0v) is 13.0. The first-order valence-corrected chi connectivity index (χ1v) is 6.37. The first-order chi connectivity index (χ1) is 11.4. The number of methoxy groups -OCH3 is 2. The summed E-state index contributed by atoms with van der Waals surface area (Å²) in [5, 5.41) is 6.01. The van der Waals surface area contributed by atoms with Crippen molar-refractivity contribution in [2.45, 2.75) is 0 Å². The van der Waals surface area contributed by atoms with Crippen LogP contribution in [0, 0.1) is 10.3 Å². The summed E-state index contributed by atoms with van der Waals surface area (Å²) in [5.41, 5.74) is 8.94. The first-order valence-electron chi connectivity index (χ1n) is 6.37. The van der Waals surface area contributed by atoms with E-state index in [0.717, 1.165) is 0 Å². The fourth-order valence-corrected chi connectivity index (χ4v) is 1.27. The number of hydrogen-bond donors (Lipinski definition) is 3. The van der Waals surface area contributed by atoms with E-state index in [2.05, 4.69) is 21.4 Å². The summed E-state index contributed by atoms with van der Waals surface area (Å²) in [6.07, 6.45) is 2.67. The predicted molar refractivity (Wildman–Crippen MR) is 82.6 cm³/mol. The standard InChI is InChI=1S/C12H12N3O5.CH5N3/c1-17-11-5-3-9(7-13-11)19-15(16)20-10-4-6-12(18-2)14-8-10;2-1(3)4/h3-8H,1-2H3;(H5,2,3,4)/q+1;. The molecule has 2 rings (SSSR count). The molecule has 0 unspecified atom stereocenters. The monoisotopic (exact) mass is 337 g/mol. The van der Waals surface area contributed by atoms with Crippen LogP contribution in [-0.4, -0.2) is 35.2 Å². The lowest BCUT2D eigenvalue weighted by molar-refractivity contribution is -0.920. The van der Waals surface area contributed by atoms with Crippen LogP contribution in [0.4, 0.5) is 0 Å². The SMILES string of the molecule is COc1ccc(O[N+](=O)Oc2ccc(OC)nc2)cn1.N=C(N)N. The molecule has 24 heavy (non-hydrogen) atoms. The number of nitrogens with two attached hydrogens (primary N) is 2. The minimum Gasteiger partial charge on any atom is -0.481 e. The molecule has 0 aromatic carbocycles.